The fourth-order valence-corrected chi connectivity index (χ4v) is 2.64. The molecule has 0 saturated heterocycles. The summed E-state index contributed by atoms with van der Waals surface area (Å²) in [4.78, 5) is 19.2. The first-order valence-electron chi connectivity index (χ1n) is 6.55. The Bertz CT molecular complexity index is 697. The van der Waals surface area contributed by atoms with Gasteiger partial charge >= 0.3 is 0 Å². The minimum absolute atomic E-state index is 0.0838. The molecule has 0 radical (unpaired) electrons. The van der Waals surface area contributed by atoms with Gasteiger partial charge in [-0.05, 0) is 36.1 Å². The van der Waals surface area contributed by atoms with E-state index in [0.717, 1.165) is 16.1 Å². The number of aryl methyl sites for hydroxylation is 1. The second-order valence-electron chi connectivity index (χ2n) is 4.65. The lowest BCUT2D eigenvalue weighted by atomic mass is 10.2. The van der Waals surface area contributed by atoms with Gasteiger partial charge in [0.15, 0.2) is 0 Å². The number of nitrogens with zero attached hydrogens (tertiary/aromatic N) is 2. The molecule has 1 amide bonds. The first-order chi connectivity index (χ1) is 10.1. The maximum absolute atomic E-state index is 12.3. The molecule has 0 aliphatic rings. The Morgan fingerprint density at radius 1 is 1.48 bits per heavy atom. The van der Waals surface area contributed by atoms with Crippen molar-refractivity contribution in [1.29, 1.82) is 0 Å². The van der Waals surface area contributed by atoms with Crippen LogP contribution in [0.3, 0.4) is 0 Å². The van der Waals surface area contributed by atoms with Crippen LogP contribution in [-0.4, -0.2) is 29.4 Å². The molecule has 2 N–H and O–H groups in total. The van der Waals surface area contributed by atoms with Crippen LogP contribution in [0.4, 0.5) is 0 Å². The minimum Gasteiger partial charge on any atom is -0.336 e. The van der Waals surface area contributed by atoms with Crippen LogP contribution in [0.5, 0.6) is 0 Å². The van der Waals surface area contributed by atoms with Crippen LogP contribution in [0.15, 0.2) is 29.6 Å². The highest BCUT2D eigenvalue weighted by atomic mass is 32.1. The molecule has 0 aliphatic carbocycles. The maximum Gasteiger partial charge on any atom is 0.272 e. The third kappa shape index (κ3) is 4.15. The molecule has 2 aromatic heterocycles. The van der Waals surface area contributed by atoms with E-state index in [4.69, 9.17) is 5.73 Å². The molecule has 5 heteroatoms. The van der Waals surface area contributed by atoms with Gasteiger partial charge in [0.05, 0.1) is 11.4 Å². The SMILES string of the molecule is Cc1cccc(C(=O)N(C)Cc2csc(C#CCN)c2)n1. The highest BCUT2D eigenvalue weighted by Crippen LogP contribution is 2.16. The lowest BCUT2D eigenvalue weighted by Crippen LogP contribution is -2.26. The molecule has 4 nitrogen and oxygen atoms in total. The van der Waals surface area contributed by atoms with E-state index in [1.54, 1.807) is 29.4 Å². The fourth-order valence-electron chi connectivity index (χ4n) is 1.87. The van der Waals surface area contributed by atoms with Crippen molar-refractivity contribution in [2.24, 2.45) is 5.73 Å². The van der Waals surface area contributed by atoms with Crippen LogP contribution in [-0.2, 0) is 6.54 Å². The largest absolute Gasteiger partial charge is 0.336 e. The van der Waals surface area contributed by atoms with E-state index in [1.165, 1.54) is 0 Å². The molecule has 21 heavy (non-hydrogen) atoms. The number of aromatic nitrogens is 1. The van der Waals surface area contributed by atoms with Crippen LogP contribution in [0.2, 0.25) is 0 Å². The van der Waals surface area contributed by atoms with Gasteiger partial charge in [-0.2, -0.15) is 0 Å². The van der Waals surface area contributed by atoms with Gasteiger partial charge in [-0.1, -0.05) is 17.9 Å². The quantitative estimate of drug-likeness (QED) is 0.882. The molecule has 2 heterocycles. The van der Waals surface area contributed by atoms with Crippen molar-refractivity contribution in [2.75, 3.05) is 13.6 Å². The van der Waals surface area contributed by atoms with Crippen molar-refractivity contribution in [1.82, 2.24) is 9.88 Å². The molecule has 0 aliphatic heterocycles. The van der Waals surface area contributed by atoms with Gasteiger partial charge in [-0.15, -0.1) is 11.3 Å². The third-order valence-corrected chi connectivity index (χ3v) is 3.74. The van der Waals surface area contributed by atoms with Gasteiger partial charge in [0.2, 0.25) is 0 Å². The normalized spacial score (nSPS) is 9.86. The monoisotopic (exact) mass is 299 g/mol. The Kier molecular flexibility index (Phi) is 5.09. The number of pyridine rings is 1. The molecule has 0 fully saturated rings. The molecule has 0 saturated carbocycles. The first-order valence-corrected chi connectivity index (χ1v) is 7.43. The van der Waals surface area contributed by atoms with E-state index >= 15 is 0 Å². The van der Waals surface area contributed by atoms with Gasteiger partial charge in [-0.25, -0.2) is 4.98 Å². The van der Waals surface area contributed by atoms with Gasteiger partial charge in [0.25, 0.3) is 5.91 Å². The summed E-state index contributed by atoms with van der Waals surface area (Å²) in [7, 11) is 1.77. The van der Waals surface area contributed by atoms with Crippen LogP contribution < -0.4 is 5.73 Å². The summed E-state index contributed by atoms with van der Waals surface area (Å²) in [6.45, 7) is 2.76. The van der Waals surface area contributed by atoms with E-state index in [2.05, 4.69) is 16.8 Å². The molecule has 0 atom stereocenters. The van der Waals surface area contributed by atoms with E-state index in [0.29, 0.717) is 18.8 Å². The number of hydrogen-bond acceptors (Lipinski definition) is 4. The second-order valence-corrected chi connectivity index (χ2v) is 5.56. The third-order valence-electron chi connectivity index (χ3n) is 2.84. The average molecular weight is 299 g/mol. The standard InChI is InChI=1S/C16H17N3OS/c1-12-5-3-7-15(18-12)16(20)19(2)10-13-9-14(21-11-13)6-4-8-17/h3,5,7,9,11H,8,10,17H2,1-2H3. The predicted octanol–water partition coefficient (Wildman–Crippen LogP) is 2.03. The van der Waals surface area contributed by atoms with Gasteiger partial charge in [0.1, 0.15) is 5.69 Å². The lowest BCUT2D eigenvalue weighted by Gasteiger charge is -2.16. The van der Waals surface area contributed by atoms with Crippen molar-refractivity contribution in [3.05, 3.63) is 51.5 Å². The Morgan fingerprint density at radius 2 is 2.29 bits per heavy atom. The zero-order valence-corrected chi connectivity index (χ0v) is 12.9. The Labute approximate surface area is 128 Å². The van der Waals surface area contributed by atoms with E-state index in [-0.39, 0.29) is 5.91 Å². The van der Waals surface area contributed by atoms with Crippen molar-refractivity contribution in [3.8, 4) is 11.8 Å². The molecular weight excluding hydrogens is 282 g/mol. The summed E-state index contributed by atoms with van der Waals surface area (Å²) < 4.78 is 0. The van der Waals surface area contributed by atoms with Crippen molar-refractivity contribution < 1.29 is 4.79 Å². The van der Waals surface area contributed by atoms with E-state index < -0.39 is 0 Å². The number of rotatable bonds is 3. The summed E-state index contributed by atoms with van der Waals surface area (Å²) in [6, 6.07) is 7.44. The summed E-state index contributed by atoms with van der Waals surface area (Å²) >= 11 is 1.56. The highest BCUT2D eigenvalue weighted by molar-refractivity contribution is 7.10. The van der Waals surface area contributed by atoms with Crippen LogP contribution >= 0.6 is 11.3 Å². The molecule has 2 aromatic rings. The first kappa shape index (κ1) is 15.2. The van der Waals surface area contributed by atoms with Gasteiger partial charge < -0.3 is 10.6 Å². The number of thiophene rings is 1. The van der Waals surface area contributed by atoms with Crippen molar-refractivity contribution in [3.63, 3.8) is 0 Å². The zero-order valence-electron chi connectivity index (χ0n) is 12.1. The molecular formula is C16H17N3OS. The average Bonchev–Trinajstić information content (AvgIpc) is 2.91. The summed E-state index contributed by atoms with van der Waals surface area (Å²) in [5, 5.41) is 2.01. The van der Waals surface area contributed by atoms with E-state index in [1.807, 2.05) is 30.5 Å². The lowest BCUT2D eigenvalue weighted by molar-refractivity contribution is 0.0779. The van der Waals surface area contributed by atoms with Gasteiger partial charge in [-0.3, -0.25) is 4.79 Å². The summed E-state index contributed by atoms with van der Waals surface area (Å²) in [5.41, 5.74) is 7.72. The second kappa shape index (κ2) is 7.02. The zero-order chi connectivity index (χ0) is 15.2. The Morgan fingerprint density at radius 3 is 3.00 bits per heavy atom. The molecule has 0 bridgehead atoms. The smallest absolute Gasteiger partial charge is 0.272 e. The molecule has 108 valence electrons. The maximum atomic E-state index is 12.3. The number of hydrogen-bond donors (Lipinski definition) is 1. The summed E-state index contributed by atoms with van der Waals surface area (Å²) in [5.74, 6) is 5.73. The minimum atomic E-state index is -0.0838. The highest BCUT2D eigenvalue weighted by Gasteiger charge is 2.14. The Hall–Kier alpha value is -2.16. The van der Waals surface area contributed by atoms with E-state index in [9.17, 15) is 4.79 Å². The van der Waals surface area contributed by atoms with Crippen LogP contribution in [0.1, 0.15) is 26.6 Å². The predicted molar refractivity (Wildman–Crippen MR) is 85.0 cm³/mol. The topological polar surface area (TPSA) is 59.2 Å². The number of carbonyl (C=O) groups is 1. The van der Waals surface area contributed by atoms with Crippen LogP contribution in [0, 0.1) is 18.8 Å². The number of amides is 1. The number of nitrogens with two attached hydrogens (primary N) is 1. The number of carbonyl (C=O) groups excluding carboxylic acids is 1. The Balaban J connectivity index is 2.05. The fraction of sp³-hybridized carbons (Fsp3) is 0.250. The molecule has 2 rings (SSSR count). The van der Waals surface area contributed by atoms with Gasteiger partial charge in [0, 0.05) is 19.3 Å². The van der Waals surface area contributed by atoms with Crippen molar-refractivity contribution >= 4 is 17.2 Å². The van der Waals surface area contributed by atoms with Crippen LogP contribution in [0.25, 0.3) is 0 Å². The molecule has 0 spiro atoms. The van der Waals surface area contributed by atoms with Crippen molar-refractivity contribution in [2.45, 2.75) is 13.5 Å². The molecule has 0 unspecified atom stereocenters. The summed E-state index contributed by atoms with van der Waals surface area (Å²) in [6.07, 6.45) is 0. The molecule has 0 aromatic carbocycles.